The molecule has 2 nitrogen and oxygen atoms in total. The third-order valence-corrected chi connectivity index (χ3v) is 6.49. The first-order valence-electron chi connectivity index (χ1n) is 8.38. The summed E-state index contributed by atoms with van der Waals surface area (Å²) in [6.45, 7) is 10.5. The summed E-state index contributed by atoms with van der Waals surface area (Å²) < 4.78 is 0. The van der Waals surface area contributed by atoms with Crippen molar-refractivity contribution in [1.29, 1.82) is 0 Å². The van der Waals surface area contributed by atoms with Crippen LogP contribution in [0.2, 0.25) is 0 Å². The number of rotatable bonds is 6. The molecule has 1 saturated carbocycles. The van der Waals surface area contributed by atoms with Crippen LogP contribution in [0.3, 0.4) is 0 Å². The third kappa shape index (κ3) is 4.46. The maximum atomic E-state index is 4.51. The zero-order valence-corrected chi connectivity index (χ0v) is 14.7. The predicted molar refractivity (Wildman–Crippen MR) is 92.8 cm³/mol. The zero-order chi connectivity index (χ0) is 15.3. The van der Waals surface area contributed by atoms with Gasteiger partial charge in [0.15, 0.2) is 0 Å². The van der Waals surface area contributed by atoms with Gasteiger partial charge in [-0.15, -0.1) is 11.8 Å². The lowest BCUT2D eigenvalue weighted by Gasteiger charge is -2.43. The lowest BCUT2D eigenvalue weighted by Crippen LogP contribution is -2.45. The van der Waals surface area contributed by atoms with E-state index in [-0.39, 0.29) is 0 Å². The molecule has 0 spiro atoms. The second-order valence-electron chi connectivity index (χ2n) is 6.84. The maximum absolute atomic E-state index is 4.51. The van der Waals surface area contributed by atoms with Gasteiger partial charge >= 0.3 is 0 Å². The van der Waals surface area contributed by atoms with Crippen molar-refractivity contribution in [2.75, 3.05) is 6.54 Å². The molecule has 1 N–H and O–H groups in total. The summed E-state index contributed by atoms with van der Waals surface area (Å²) >= 11 is 1.97. The molecule has 1 aliphatic carbocycles. The summed E-state index contributed by atoms with van der Waals surface area (Å²) in [5, 5.41) is 5.51. The molecule has 1 heterocycles. The first kappa shape index (κ1) is 16.8. The van der Waals surface area contributed by atoms with Crippen molar-refractivity contribution >= 4 is 11.8 Å². The topological polar surface area (TPSA) is 24.9 Å². The molecule has 1 aliphatic rings. The Morgan fingerprint density at radius 1 is 1.29 bits per heavy atom. The highest BCUT2D eigenvalue weighted by molar-refractivity contribution is 7.99. The van der Waals surface area contributed by atoms with E-state index in [1.807, 2.05) is 24.0 Å². The second kappa shape index (κ2) is 7.64. The molecule has 1 aromatic rings. The number of nitrogens with zero attached hydrogens (tertiary/aromatic N) is 1. The monoisotopic (exact) mass is 306 g/mol. The van der Waals surface area contributed by atoms with E-state index in [4.69, 9.17) is 0 Å². The average molecular weight is 307 g/mol. The Morgan fingerprint density at radius 2 is 2.10 bits per heavy atom. The molecule has 1 fully saturated rings. The standard InChI is InChI=1S/C18H30N2S/c1-5-18(3,4)14-10-11-15(19-6-2)16(13-14)21-17-9-7-8-12-20-17/h7-9,12,14-16,19H,5-6,10-11,13H2,1-4H3. The molecular weight excluding hydrogens is 276 g/mol. The van der Waals surface area contributed by atoms with Gasteiger partial charge in [-0.05, 0) is 49.3 Å². The first-order valence-corrected chi connectivity index (χ1v) is 9.25. The Morgan fingerprint density at radius 3 is 2.71 bits per heavy atom. The number of thioether (sulfide) groups is 1. The van der Waals surface area contributed by atoms with E-state index in [0.29, 0.717) is 16.7 Å². The summed E-state index contributed by atoms with van der Waals surface area (Å²) in [4.78, 5) is 4.51. The van der Waals surface area contributed by atoms with Gasteiger partial charge in [0.2, 0.25) is 0 Å². The SMILES string of the molecule is CCNC1CCC(C(C)(C)CC)CC1Sc1ccccn1. The Hall–Kier alpha value is -0.540. The number of hydrogen-bond donors (Lipinski definition) is 1. The number of aromatic nitrogens is 1. The van der Waals surface area contributed by atoms with Gasteiger partial charge < -0.3 is 5.32 Å². The van der Waals surface area contributed by atoms with Gasteiger partial charge in [-0.2, -0.15) is 0 Å². The van der Waals surface area contributed by atoms with Crippen LogP contribution in [-0.4, -0.2) is 22.8 Å². The van der Waals surface area contributed by atoms with E-state index in [1.165, 1.54) is 30.7 Å². The average Bonchev–Trinajstić information content (AvgIpc) is 2.50. The number of hydrogen-bond acceptors (Lipinski definition) is 3. The van der Waals surface area contributed by atoms with Crippen molar-refractivity contribution < 1.29 is 0 Å². The quantitative estimate of drug-likeness (QED) is 0.820. The fourth-order valence-electron chi connectivity index (χ4n) is 3.33. The van der Waals surface area contributed by atoms with E-state index in [0.717, 1.165) is 12.5 Å². The normalized spacial score (nSPS) is 26.8. The number of nitrogens with one attached hydrogen (secondary N) is 1. The van der Waals surface area contributed by atoms with Crippen LogP contribution in [0, 0.1) is 11.3 Å². The Balaban J connectivity index is 2.08. The van der Waals surface area contributed by atoms with Crippen LogP contribution >= 0.6 is 11.8 Å². The van der Waals surface area contributed by atoms with E-state index < -0.39 is 0 Å². The molecule has 3 atom stereocenters. The fourth-order valence-corrected chi connectivity index (χ4v) is 4.64. The minimum absolute atomic E-state index is 0.458. The van der Waals surface area contributed by atoms with Crippen LogP contribution in [0.4, 0.5) is 0 Å². The summed E-state index contributed by atoms with van der Waals surface area (Å²) in [6.07, 6.45) is 7.13. The van der Waals surface area contributed by atoms with Gasteiger partial charge in [0.1, 0.15) is 0 Å². The lowest BCUT2D eigenvalue weighted by atomic mass is 9.68. The third-order valence-electron chi connectivity index (χ3n) is 5.18. The highest BCUT2D eigenvalue weighted by atomic mass is 32.2. The van der Waals surface area contributed by atoms with Gasteiger partial charge in [-0.3, -0.25) is 0 Å². The predicted octanol–water partition coefficient (Wildman–Crippen LogP) is 4.76. The molecule has 0 saturated heterocycles. The van der Waals surface area contributed by atoms with Crippen molar-refractivity contribution in [3.05, 3.63) is 24.4 Å². The lowest BCUT2D eigenvalue weighted by molar-refractivity contribution is 0.141. The van der Waals surface area contributed by atoms with Crippen LogP contribution in [0.5, 0.6) is 0 Å². The summed E-state index contributed by atoms with van der Waals surface area (Å²) in [6, 6.07) is 6.86. The van der Waals surface area contributed by atoms with Crippen LogP contribution in [0.15, 0.2) is 29.4 Å². The maximum Gasteiger partial charge on any atom is 0.0963 e. The van der Waals surface area contributed by atoms with Crippen molar-refractivity contribution in [2.45, 2.75) is 69.7 Å². The summed E-state index contributed by atoms with van der Waals surface area (Å²) in [5.41, 5.74) is 0.458. The summed E-state index contributed by atoms with van der Waals surface area (Å²) in [7, 11) is 0. The fraction of sp³-hybridized carbons (Fsp3) is 0.722. The smallest absolute Gasteiger partial charge is 0.0963 e. The minimum Gasteiger partial charge on any atom is -0.313 e. The van der Waals surface area contributed by atoms with E-state index in [1.54, 1.807) is 0 Å². The molecule has 3 heteroatoms. The highest BCUT2D eigenvalue weighted by Crippen LogP contribution is 2.44. The molecule has 1 aromatic heterocycles. The molecule has 0 aromatic carbocycles. The van der Waals surface area contributed by atoms with Gasteiger partial charge in [-0.1, -0.05) is 40.2 Å². The minimum atomic E-state index is 0.458. The molecule has 0 amide bonds. The molecule has 0 radical (unpaired) electrons. The van der Waals surface area contributed by atoms with Crippen molar-refractivity contribution in [3.8, 4) is 0 Å². The van der Waals surface area contributed by atoms with Crippen molar-refractivity contribution in [2.24, 2.45) is 11.3 Å². The Labute approximate surface area is 134 Å². The zero-order valence-electron chi connectivity index (χ0n) is 13.9. The largest absolute Gasteiger partial charge is 0.313 e. The molecule has 0 aliphatic heterocycles. The van der Waals surface area contributed by atoms with Gasteiger partial charge in [0.05, 0.1) is 5.03 Å². The van der Waals surface area contributed by atoms with Crippen LogP contribution in [0.25, 0.3) is 0 Å². The molecule has 21 heavy (non-hydrogen) atoms. The molecule has 0 bridgehead atoms. The van der Waals surface area contributed by atoms with Crippen LogP contribution < -0.4 is 5.32 Å². The highest BCUT2D eigenvalue weighted by Gasteiger charge is 2.37. The van der Waals surface area contributed by atoms with E-state index in [9.17, 15) is 0 Å². The molecule has 3 unspecified atom stereocenters. The molecule has 2 rings (SSSR count). The Bertz CT molecular complexity index is 418. The summed E-state index contributed by atoms with van der Waals surface area (Å²) in [5.74, 6) is 0.832. The second-order valence-corrected chi connectivity index (χ2v) is 8.10. The van der Waals surface area contributed by atoms with Gasteiger partial charge in [0, 0.05) is 17.5 Å². The van der Waals surface area contributed by atoms with E-state index in [2.05, 4.69) is 50.1 Å². The van der Waals surface area contributed by atoms with Crippen molar-refractivity contribution in [3.63, 3.8) is 0 Å². The first-order chi connectivity index (χ1) is 10.1. The van der Waals surface area contributed by atoms with Gasteiger partial charge in [-0.25, -0.2) is 4.98 Å². The number of pyridine rings is 1. The molecule has 118 valence electrons. The Kier molecular flexibility index (Phi) is 6.12. The van der Waals surface area contributed by atoms with E-state index >= 15 is 0 Å². The van der Waals surface area contributed by atoms with Crippen molar-refractivity contribution in [1.82, 2.24) is 10.3 Å². The molecular formula is C18H30N2S. The van der Waals surface area contributed by atoms with Gasteiger partial charge in [0.25, 0.3) is 0 Å². The van der Waals surface area contributed by atoms with Crippen LogP contribution in [-0.2, 0) is 0 Å². The van der Waals surface area contributed by atoms with Crippen LogP contribution in [0.1, 0.15) is 53.4 Å².